The van der Waals surface area contributed by atoms with Gasteiger partial charge in [-0.15, -0.1) is 0 Å². The lowest BCUT2D eigenvalue weighted by atomic mass is 10.1. The second-order valence-electron chi connectivity index (χ2n) is 3.93. The first kappa shape index (κ1) is 12.3. The van der Waals surface area contributed by atoms with Gasteiger partial charge >= 0.3 is 0 Å². The van der Waals surface area contributed by atoms with E-state index in [-0.39, 0.29) is 0 Å². The van der Waals surface area contributed by atoms with Crippen LogP contribution in [0.25, 0.3) is 0 Å². The number of halogens is 1. The lowest BCUT2D eigenvalue weighted by molar-refractivity contribution is 0.204. The van der Waals surface area contributed by atoms with Crippen LogP contribution in [0.4, 0.5) is 0 Å². The summed E-state index contributed by atoms with van der Waals surface area (Å²) in [6.07, 6.45) is 3.99. The molecule has 2 aromatic rings. The lowest BCUT2D eigenvalue weighted by Gasteiger charge is -2.13. The van der Waals surface area contributed by atoms with E-state index in [0.717, 1.165) is 23.0 Å². The van der Waals surface area contributed by atoms with E-state index in [1.165, 1.54) is 0 Å². The standard InChI is InChI=1S/C13H15BrN2O/c1-2-8-16-9-7-15-13(16)12(17)10-3-5-11(14)6-4-10/h3-7,9,12,17H,2,8H2,1H3. The van der Waals surface area contributed by atoms with Gasteiger partial charge in [0.2, 0.25) is 0 Å². The summed E-state index contributed by atoms with van der Waals surface area (Å²) in [5.74, 6) is 0.703. The van der Waals surface area contributed by atoms with Crippen LogP contribution in [0.5, 0.6) is 0 Å². The van der Waals surface area contributed by atoms with Crippen molar-refractivity contribution < 1.29 is 5.11 Å². The molecule has 3 nitrogen and oxygen atoms in total. The third-order valence-electron chi connectivity index (χ3n) is 2.64. The fourth-order valence-electron chi connectivity index (χ4n) is 1.79. The van der Waals surface area contributed by atoms with Gasteiger partial charge in [-0.25, -0.2) is 4.98 Å². The summed E-state index contributed by atoms with van der Waals surface area (Å²) >= 11 is 3.38. The van der Waals surface area contributed by atoms with Crippen molar-refractivity contribution in [1.29, 1.82) is 0 Å². The highest BCUT2D eigenvalue weighted by Gasteiger charge is 2.15. The molecule has 0 radical (unpaired) electrons. The fraction of sp³-hybridized carbons (Fsp3) is 0.308. The topological polar surface area (TPSA) is 38.0 Å². The third-order valence-corrected chi connectivity index (χ3v) is 3.17. The molecule has 0 spiro atoms. The Hall–Kier alpha value is -1.13. The van der Waals surface area contributed by atoms with Crippen molar-refractivity contribution in [2.75, 3.05) is 0 Å². The Kier molecular flexibility index (Phi) is 3.97. The first-order valence-corrected chi connectivity index (χ1v) is 6.46. The van der Waals surface area contributed by atoms with Crippen molar-refractivity contribution in [3.63, 3.8) is 0 Å². The van der Waals surface area contributed by atoms with Crippen molar-refractivity contribution in [3.05, 3.63) is 52.5 Å². The normalized spacial score (nSPS) is 12.6. The third kappa shape index (κ3) is 2.76. The summed E-state index contributed by atoms with van der Waals surface area (Å²) in [5.41, 5.74) is 0.858. The average Bonchev–Trinajstić information content (AvgIpc) is 2.78. The molecule has 1 aromatic heterocycles. The Labute approximate surface area is 109 Å². The van der Waals surface area contributed by atoms with Crippen molar-refractivity contribution in [1.82, 2.24) is 9.55 Å². The molecule has 4 heteroatoms. The molecule has 1 heterocycles. The van der Waals surface area contributed by atoms with Crippen LogP contribution < -0.4 is 0 Å². The zero-order chi connectivity index (χ0) is 12.3. The van der Waals surface area contributed by atoms with Crippen LogP contribution in [0, 0.1) is 0 Å². The fourth-order valence-corrected chi connectivity index (χ4v) is 2.06. The maximum absolute atomic E-state index is 10.3. The molecular weight excluding hydrogens is 280 g/mol. The maximum Gasteiger partial charge on any atom is 0.142 e. The second kappa shape index (κ2) is 5.47. The zero-order valence-corrected chi connectivity index (χ0v) is 11.3. The number of imidazole rings is 1. The molecule has 90 valence electrons. The van der Waals surface area contributed by atoms with Gasteiger partial charge in [0.1, 0.15) is 11.9 Å². The minimum absolute atomic E-state index is 0.662. The Morgan fingerprint density at radius 2 is 2.06 bits per heavy atom. The zero-order valence-electron chi connectivity index (χ0n) is 9.68. The van der Waals surface area contributed by atoms with Crippen molar-refractivity contribution in [2.24, 2.45) is 0 Å². The number of aromatic nitrogens is 2. The van der Waals surface area contributed by atoms with Gasteiger partial charge in [0.25, 0.3) is 0 Å². The quantitative estimate of drug-likeness (QED) is 0.941. The molecule has 0 aliphatic heterocycles. The summed E-state index contributed by atoms with van der Waals surface area (Å²) in [7, 11) is 0. The summed E-state index contributed by atoms with van der Waals surface area (Å²) in [4.78, 5) is 4.23. The molecule has 0 saturated carbocycles. The molecule has 0 bridgehead atoms. The van der Waals surface area contributed by atoms with Crippen molar-refractivity contribution >= 4 is 15.9 Å². The number of benzene rings is 1. The Balaban J connectivity index is 2.26. The van der Waals surface area contributed by atoms with Gasteiger partial charge in [0.15, 0.2) is 0 Å². The first-order valence-electron chi connectivity index (χ1n) is 5.67. The van der Waals surface area contributed by atoms with Gasteiger partial charge in [-0.2, -0.15) is 0 Å². The average molecular weight is 295 g/mol. The number of nitrogens with zero attached hydrogens (tertiary/aromatic N) is 2. The van der Waals surface area contributed by atoms with Gasteiger partial charge in [-0.1, -0.05) is 35.0 Å². The molecule has 1 atom stereocenters. The second-order valence-corrected chi connectivity index (χ2v) is 4.85. The Morgan fingerprint density at radius 1 is 1.35 bits per heavy atom. The van der Waals surface area contributed by atoms with E-state index < -0.39 is 6.10 Å². The maximum atomic E-state index is 10.3. The SMILES string of the molecule is CCCn1ccnc1C(O)c1ccc(Br)cc1. The number of hydrogen-bond acceptors (Lipinski definition) is 2. The first-order chi connectivity index (χ1) is 8.22. The van der Waals surface area contributed by atoms with E-state index in [2.05, 4.69) is 27.8 Å². The summed E-state index contributed by atoms with van der Waals surface area (Å²) in [5, 5.41) is 10.3. The predicted molar refractivity (Wildman–Crippen MR) is 70.7 cm³/mol. The summed E-state index contributed by atoms with van der Waals surface area (Å²) in [6.45, 7) is 2.98. The monoisotopic (exact) mass is 294 g/mol. The van der Waals surface area contributed by atoms with Crippen LogP contribution in [-0.4, -0.2) is 14.7 Å². The number of hydrogen-bond donors (Lipinski definition) is 1. The molecule has 0 aliphatic rings. The number of aliphatic hydroxyl groups excluding tert-OH is 1. The largest absolute Gasteiger partial charge is 0.380 e. The van der Waals surface area contributed by atoms with Crippen LogP contribution in [0.1, 0.15) is 30.8 Å². The molecule has 0 amide bonds. The van der Waals surface area contributed by atoms with Crippen LogP contribution in [0.2, 0.25) is 0 Å². The van der Waals surface area contributed by atoms with Crippen molar-refractivity contribution in [2.45, 2.75) is 26.0 Å². The highest BCUT2D eigenvalue weighted by Crippen LogP contribution is 2.22. The van der Waals surface area contributed by atoms with E-state index in [1.54, 1.807) is 6.20 Å². The smallest absolute Gasteiger partial charge is 0.142 e. The van der Waals surface area contributed by atoms with E-state index >= 15 is 0 Å². The molecule has 0 fully saturated rings. The van der Waals surface area contributed by atoms with E-state index in [4.69, 9.17) is 0 Å². The number of rotatable bonds is 4. The van der Waals surface area contributed by atoms with Gasteiger partial charge in [-0.3, -0.25) is 0 Å². The summed E-state index contributed by atoms with van der Waals surface area (Å²) in [6, 6.07) is 7.65. The highest BCUT2D eigenvalue weighted by atomic mass is 79.9. The van der Waals surface area contributed by atoms with E-state index in [9.17, 15) is 5.11 Å². The van der Waals surface area contributed by atoms with Gasteiger partial charge in [-0.05, 0) is 24.1 Å². The van der Waals surface area contributed by atoms with Crippen LogP contribution in [0.3, 0.4) is 0 Å². The van der Waals surface area contributed by atoms with E-state index in [1.807, 2.05) is 35.0 Å². The predicted octanol–water partition coefficient (Wildman–Crippen LogP) is 3.14. The van der Waals surface area contributed by atoms with Crippen molar-refractivity contribution in [3.8, 4) is 0 Å². The van der Waals surface area contributed by atoms with Gasteiger partial charge in [0.05, 0.1) is 0 Å². The van der Waals surface area contributed by atoms with Crippen LogP contribution >= 0.6 is 15.9 Å². The molecule has 0 aliphatic carbocycles. The molecule has 2 rings (SSSR count). The molecule has 1 aromatic carbocycles. The van der Waals surface area contributed by atoms with Crippen LogP contribution in [0.15, 0.2) is 41.1 Å². The van der Waals surface area contributed by atoms with Crippen LogP contribution in [-0.2, 0) is 6.54 Å². The number of aliphatic hydroxyl groups is 1. The minimum atomic E-state index is -0.662. The van der Waals surface area contributed by atoms with Gasteiger partial charge < -0.3 is 9.67 Å². The van der Waals surface area contributed by atoms with Gasteiger partial charge in [0, 0.05) is 23.4 Å². The Morgan fingerprint density at radius 3 is 2.71 bits per heavy atom. The van der Waals surface area contributed by atoms with E-state index in [0.29, 0.717) is 5.82 Å². The minimum Gasteiger partial charge on any atom is -0.380 e. The summed E-state index contributed by atoms with van der Waals surface area (Å²) < 4.78 is 3.00. The molecule has 0 saturated heterocycles. The highest BCUT2D eigenvalue weighted by molar-refractivity contribution is 9.10. The molecule has 17 heavy (non-hydrogen) atoms. The molecule has 1 N–H and O–H groups in total. The molecular formula is C13H15BrN2O. The number of aryl methyl sites for hydroxylation is 1. The molecule has 1 unspecified atom stereocenters. The lowest BCUT2D eigenvalue weighted by Crippen LogP contribution is -2.09. The Bertz CT molecular complexity index is 478.